The van der Waals surface area contributed by atoms with Gasteiger partial charge in [0.05, 0.1) is 0 Å². The second kappa shape index (κ2) is 10.4. The molecule has 2 aromatic rings. The lowest BCUT2D eigenvalue weighted by Crippen LogP contribution is -2.34. The van der Waals surface area contributed by atoms with E-state index in [1.54, 1.807) is 45.0 Å². The van der Waals surface area contributed by atoms with Crippen molar-refractivity contribution in [3.8, 4) is 0 Å². The number of ether oxygens (including phenoxy) is 1. The van der Waals surface area contributed by atoms with Gasteiger partial charge in [-0.05, 0) is 56.7 Å². The van der Waals surface area contributed by atoms with E-state index < -0.39 is 23.4 Å². The molecule has 0 saturated carbocycles. The van der Waals surface area contributed by atoms with Crippen LogP contribution in [-0.2, 0) is 16.1 Å². The first-order chi connectivity index (χ1) is 14.1. The van der Waals surface area contributed by atoms with Gasteiger partial charge in [-0.25, -0.2) is 9.18 Å². The molecule has 0 bridgehead atoms. The standard InChI is InChI=1S/C22H26FN3O4/c1-22(2,3)30-21(29)24-11-10-19(27)26-18-9-4-6-15(12-18)14-25-20(28)16-7-5-8-17(23)13-16/h4-9,12-13H,10-11,14H2,1-3H3,(H,24,29)(H,25,28)(H,26,27). The van der Waals surface area contributed by atoms with E-state index >= 15 is 0 Å². The Bertz CT molecular complexity index is 909. The van der Waals surface area contributed by atoms with E-state index in [2.05, 4.69) is 16.0 Å². The van der Waals surface area contributed by atoms with Crippen molar-refractivity contribution >= 4 is 23.6 Å². The lowest BCUT2D eigenvalue weighted by Gasteiger charge is -2.19. The third kappa shape index (κ3) is 8.30. The number of hydrogen-bond donors (Lipinski definition) is 3. The van der Waals surface area contributed by atoms with E-state index in [1.807, 2.05) is 0 Å². The zero-order valence-electron chi connectivity index (χ0n) is 17.3. The van der Waals surface area contributed by atoms with Crippen molar-refractivity contribution in [1.29, 1.82) is 0 Å². The van der Waals surface area contributed by atoms with Crippen LogP contribution < -0.4 is 16.0 Å². The van der Waals surface area contributed by atoms with Gasteiger partial charge in [0.2, 0.25) is 5.91 Å². The Hall–Kier alpha value is -3.42. The van der Waals surface area contributed by atoms with E-state index in [0.717, 1.165) is 11.6 Å². The Morgan fingerprint density at radius 2 is 1.73 bits per heavy atom. The molecule has 0 aromatic heterocycles. The molecule has 30 heavy (non-hydrogen) atoms. The van der Waals surface area contributed by atoms with Crippen molar-refractivity contribution < 1.29 is 23.5 Å². The van der Waals surface area contributed by atoms with Crippen molar-refractivity contribution in [1.82, 2.24) is 10.6 Å². The maximum atomic E-state index is 13.2. The van der Waals surface area contributed by atoms with Crippen LogP contribution in [0.1, 0.15) is 43.1 Å². The number of benzene rings is 2. The summed E-state index contributed by atoms with van der Waals surface area (Å²) < 4.78 is 18.3. The molecule has 3 amide bonds. The largest absolute Gasteiger partial charge is 0.444 e. The number of rotatable bonds is 7. The van der Waals surface area contributed by atoms with Gasteiger partial charge in [-0.2, -0.15) is 0 Å². The highest BCUT2D eigenvalue weighted by Gasteiger charge is 2.16. The Morgan fingerprint density at radius 1 is 1.00 bits per heavy atom. The minimum absolute atomic E-state index is 0.0831. The fourth-order valence-corrected chi connectivity index (χ4v) is 2.49. The van der Waals surface area contributed by atoms with Crippen molar-refractivity contribution in [3.63, 3.8) is 0 Å². The predicted octanol–water partition coefficient (Wildman–Crippen LogP) is 3.61. The average molecular weight is 415 g/mol. The summed E-state index contributed by atoms with van der Waals surface area (Å²) in [6.45, 7) is 5.63. The van der Waals surface area contributed by atoms with Gasteiger partial charge >= 0.3 is 6.09 Å². The molecule has 2 aromatic carbocycles. The molecule has 7 nitrogen and oxygen atoms in total. The molecule has 0 unspecified atom stereocenters. The van der Waals surface area contributed by atoms with Gasteiger partial charge < -0.3 is 20.7 Å². The van der Waals surface area contributed by atoms with Gasteiger partial charge in [0.15, 0.2) is 0 Å². The van der Waals surface area contributed by atoms with E-state index in [-0.39, 0.29) is 31.0 Å². The summed E-state index contributed by atoms with van der Waals surface area (Å²) in [5, 5.41) is 7.97. The molecule has 0 radical (unpaired) electrons. The summed E-state index contributed by atoms with van der Waals surface area (Å²) in [7, 11) is 0. The van der Waals surface area contributed by atoms with Crippen LogP contribution in [0.15, 0.2) is 48.5 Å². The minimum atomic E-state index is -0.600. The molecule has 0 heterocycles. The van der Waals surface area contributed by atoms with Gasteiger partial charge in [-0.3, -0.25) is 9.59 Å². The zero-order valence-corrected chi connectivity index (χ0v) is 17.3. The van der Waals surface area contributed by atoms with E-state index in [4.69, 9.17) is 4.74 Å². The molecule has 0 saturated heterocycles. The van der Waals surface area contributed by atoms with E-state index in [0.29, 0.717) is 5.69 Å². The zero-order chi connectivity index (χ0) is 22.1. The first kappa shape index (κ1) is 22.9. The fraction of sp³-hybridized carbons (Fsp3) is 0.318. The SMILES string of the molecule is CC(C)(C)OC(=O)NCCC(=O)Nc1cccc(CNC(=O)c2cccc(F)c2)c1. The Balaban J connectivity index is 1.80. The number of halogens is 1. The molecule has 3 N–H and O–H groups in total. The number of nitrogens with one attached hydrogen (secondary N) is 3. The third-order valence-corrected chi connectivity index (χ3v) is 3.77. The molecule has 0 aliphatic carbocycles. The number of carbonyl (C=O) groups is 3. The van der Waals surface area contributed by atoms with Crippen LogP contribution in [0.2, 0.25) is 0 Å². The van der Waals surface area contributed by atoms with Gasteiger partial charge in [0, 0.05) is 30.8 Å². The van der Waals surface area contributed by atoms with E-state index in [9.17, 15) is 18.8 Å². The number of alkyl carbamates (subject to hydrolysis) is 1. The summed E-state index contributed by atoms with van der Waals surface area (Å²) in [6, 6.07) is 12.4. The second-order valence-electron chi connectivity index (χ2n) is 7.62. The quantitative estimate of drug-likeness (QED) is 0.644. The van der Waals surface area contributed by atoms with Crippen molar-refractivity contribution in [2.24, 2.45) is 0 Å². The Labute approximate surface area is 175 Å². The summed E-state index contributed by atoms with van der Waals surface area (Å²) in [4.78, 5) is 35.7. The first-order valence-corrected chi connectivity index (χ1v) is 9.52. The summed E-state index contributed by atoms with van der Waals surface area (Å²) in [5.74, 6) is -1.14. The predicted molar refractivity (Wildman–Crippen MR) is 111 cm³/mol. The van der Waals surface area contributed by atoms with Gasteiger partial charge in [-0.1, -0.05) is 18.2 Å². The van der Waals surface area contributed by atoms with Gasteiger partial charge in [0.1, 0.15) is 11.4 Å². The molecule has 160 valence electrons. The molecule has 8 heteroatoms. The molecule has 0 aliphatic rings. The van der Waals surface area contributed by atoms with Crippen molar-refractivity contribution in [2.45, 2.75) is 39.3 Å². The average Bonchev–Trinajstić information content (AvgIpc) is 2.65. The molecule has 0 aliphatic heterocycles. The van der Waals surface area contributed by atoms with Crippen LogP contribution in [0.25, 0.3) is 0 Å². The number of amides is 3. The first-order valence-electron chi connectivity index (χ1n) is 9.52. The Kier molecular flexibility index (Phi) is 7.91. The summed E-state index contributed by atoms with van der Waals surface area (Å²) in [6.07, 6.45) is -0.494. The number of hydrogen-bond acceptors (Lipinski definition) is 4. The topological polar surface area (TPSA) is 96.5 Å². The van der Waals surface area contributed by atoms with Crippen molar-refractivity contribution in [3.05, 3.63) is 65.5 Å². The minimum Gasteiger partial charge on any atom is -0.444 e. The smallest absolute Gasteiger partial charge is 0.407 e. The van der Waals surface area contributed by atoms with Crippen LogP contribution in [0.5, 0.6) is 0 Å². The third-order valence-electron chi connectivity index (χ3n) is 3.77. The van der Waals surface area contributed by atoms with Crippen LogP contribution in [0, 0.1) is 5.82 Å². The normalized spacial score (nSPS) is 10.8. The summed E-state index contributed by atoms with van der Waals surface area (Å²) in [5.41, 5.74) is 0.966. The van der Waals surface area contributed by atoms with Crippen LogP contribution >= 0.6 is 0 Å². The highest BCUT2D eigenvalue weighted by molar-refractivity contribution is 5.94. The van der Waals surface area contributed by atoms with E-state index in [1.165, 1.54) is 18.2 Å². The van der Waals surface area contributed by atoms with Crippen molar-refractivity contribution in [2.75, 3.05) is 11.9 Å². The van der Waals surface area contributed by atoms with Crippen LogP contribution in [0.4, 0.5) is 14.9 Å². The van der Waals surface area contributed by atoms with Gasteiger partial charge in [0.25, 0.3) is 5.91 Å². The van der Waals surface area contributed by atoms with Gasteiger partial charge in [-0.15, -0.1) is 0 Å². The molecule has 0 atom stereocenters. The number of anilines is 1. The fourth-order valence-electron chi connectivity index (χ4n) is 2.49. The lowest BCUT2D eigenvalue weighted by atomic mass is 10.1. The van der Waals surface area contributed by atoms with Crippen LogP contribution in [-0.4, -0.2) is 30.1 Å². The highest BCUT2D eigenvalue weighted by Crippen LogP contribution is 2.12. The maximum absolute atomic E-state index is 13.2. The monoisotopic (exact) mass is 415 g/mol. The molecular weight excluding hydrogens is 389 g/mol. The van der Waals surface area contributed by atoms with Crippen LogP contribution in [0.3, 0.4) is 0 Å². The molecule has 0 fully saturated rings. The summed E-state index contributed by atoms with van der Waals surface area (Å²) >= 11 is 0. The molecule has 0 spiro atoms. The lowest BCUT2D eigenvalue weighted by molar-refractivity contribution is -0.116. The number of carbonyl (C=O) groups excluding carboxylic acids is 3. The molecular formula is C22H26FN3O4. The molecule has 2 rings (SSSR count). The highest BCUT2D eigenvalue weighted by atomic mass is 19.1. The second-order valence-corrected chi connectivity index (χ2v) is 7.62. The Morgan fingerprint density at radius 3 is 2.43 bits per heavy atom. The maximum Gasteiger partial charge on any atom is 0.407 e.